The molecule has 3 rings (SSSR count). The first kappa shape index (κ1) is 17.5. The van der Waals surface area contributed by atoms with Crippen LogP contribution in [0.15, 0.2) is 18.2 Å². The molecule has 2 aromatic rings. The van der Waals surface area contributed by atoms with Crippen LogP contribution < -0.4 is 0 Å². The maximum Gasteiger partial charge on any atom is 0.253 e. The number of imidazole rings is 1. The zero-order valence-corrected chi connectivity index (χ0v) is 15.2. The summed E-state index contributed by atoms with van der Waals surface area (Å²) in [7, 11) is 0. The molecule has 0 spiro atoms. The summed E-state index contributed by atoms with van der Waals surface area (Å²) in [5.74, 6) is 1.41. The van der Waals surface area contributed by atoms with Gasteiger partial charge in [0.15, 0.2) is 0 Å². The summed E-state index contributed by atoms with van der Waals surface area (Å²) in [5.41, 5.74) is 2.42. The first-order valence-electron chi connectivity index (χ1n) is 8.97. The minimum atomic E-state index is 0.0207. The van der Waals surface area contributed by atoms with E-state index in [1.165, 1.54) is 0 Å². The van der Waals surface area contributed by atoms with Crippen LogP contribution in [0.25, 0.3) is 11.0 Å². The number of benzene rings is 1. The Balaban J connectivity index is 1.68. The minimum Gasteiger partial charge on any atom is -0.342 e. The molecule has 2 heterocycles. The van der Waals surface area contributed by atoms with E-state index in [1.807, 2.05) is 34.9 Å². The van der Waals surface area contributed by atoms with Crippen LogP contribution in [0.2, 0.25) is 0 Å². The lowest BCUT2D eigenvalue weighted by Crippen LogP contribution is -2.37. The number of amides is 2. The summed E-state index contributed by atoms with van der Waals surface area (Å²) in [5, 5.41) is 0. The van der Waals surface area contributed by atoms with E-state index in [0.29, 0.717) is 37.5 Å². The first-order chi connectivity index (χ1) is 11.9. The normalized spacial score (nSPS) is 15.7. The molecule has 0 radical (unpaired) electrons. The molecule has 6 nitrogen and oxygen atoms in total. The third kappa shape index (κ3) is 4.00. The molecule has 1 fully saturated rings. The quantitative estimate of drug-likeness (QED) is 0.932. The Kier molecular flexibility index (Phi) is 5.06. The fraction of sp³-hybridized carbons (Fsp3) is 0.526. The first-order valence-corrected chi connectivity index (χ1v) is 8.97. The zero-order valence-electron chi connectivity index (χ0n) is 15.2. The number of carbonyl (C=O) groups excluding carboxylic acids is 2. The lowest BCUT2D eigenvalue weighted by Gasteiger charge is -2.23. The molecule has 2 amide bonds. The molecule has 1 aromatic carbocycles. The Morgan fingerprint density at radius 3 is 2.64 bits per heavy atom. The molecule has 0 atom stereocenters. The highest BCUT2D eigenvalue weighted by Crippen LogP contribution is 2.16. The number of nitrogens with one attached hydrogen (secondary N) is 1. The number of aryl methyl sites for hydroxylation is 1. The second-order valence-corrected chi connectivity index (χ2v) is 7.18. The molecule has 0 aliphatic carbocycles. The van der Waals surface area contributed by atoms with Crippen LogP contribution in [0.5, 0.6) is 0 Å². The molecule has 0 unspecified atom stereocenters. The van der Waals surface area contributed by atoms with Gasteiger partial charge in [-0.15, -0.1) is 0 Å². The van der Waals surface area contributed by atoms with E-state index in [1.54, 1.807) is 0 Å². The van der Waals surface area contributed by atoms with Gasteiger partial charge in [-0.1, -0.05) is 13.8 Å². The number of carbonyl (C=O) groups is 2. The number of hydrogen-bond acceptors (Lipinski definition) is 3. The Labute approximate surface area is 148 Å². The van der Waals surface area contributed by atoms with Crippen molar-refractivity contribution in [2.75, 3.05) is 26.2 Å². The second-order valence-electron chi connectivity index (χ2n) is 7.18. The average molecular weight is 342 g/mol. The molecule has 1 N–H and O–H groups in total. The number of H-pyrrole nitrogens is 1. The van der Waals surface area contributed by atoms with Gasteiger partial charge in [0, 0.05) is 38.2 Å². The van der Waals surface area contributed by atoms with E-state index in [0.717, 1.165) is 29.8 Å². The Hall–Kier alpha value is -2.37. The molecule has 134 valence electrons. The monoisotopic (exact) mass is 342 g/mol. The number of hydrogen-bond donors (Lipinski definition) is 1. The Morgan fingerprint density at radius 2 is 1.88 bits per heavy atom. The van der Waals surface area contributed by atoms with Gasteiger partial charge in [0.2, 0.25) is 5.91 Å². The van der Waals surface area contributed by atoms with Gasteiger partial charge in [0.25, 0.3) is 5.91 Å². The fourth-order valence-electron chi connectivity index (χ4n) is 3.30. The lowest BCUT2D eigenvalue weighted by molar-refractivity contribution is -0.131. The number of aromatic nitrogens is 2. The summed E-state index contributed by atoms with van der Waals surface area (Å²) in [6.45, 7) is 8.63. The average Bonchev–Trinajstić information content (AvgIpc) is 2.77. The van der Waals surface area contributed by atoms with Crippen molar-refractivity contribution in [1.29, 1.82) is 0 Å². The Bertz CT molecular complexity index is 781. The van der Waals surface area contributed by atoms with E-state index in [-0.39, 0.29) is 11.8 Å². The van der Waals surface area contributed by atoms with Crippen LogP contribution in [0.1, 0.15) is 42.9 Å². The van der Waals surface area contributed by atoms with Crippen molar-refractivity contribution in [3.63, 3.8) is 0 Å². The lowest BCUT2D eigenvalue weighted by atomic mass is 10.1. The third-order valence-electron chi connectivity index (χ3n) is 4.57. The predicted molar refractivity (Wildman–Crippen MR) is 97.4 cm³/mol. The Morgan fingerprint density at radius 1 is 1.16 bits per heavy atom. The summed E-state index contributed by atoms with van der Waals surface area (Å²) >= 11 is 0. The number of aromatic amines is 1. The fourth-order valence-corrected chi connectivity index (χ4v) is 3.30. The van der Waals surface area contributed by atoms with Gasteiger partial charge in [0.1, 0.15) is 5.82 Å². The summed E-state index contributed by atoms with van der Waals surface area (Å²) in [4.78, 5) is 36.4. The molecule has 0 saturated carbocycles. The van der Waals surface area contributed by atoms with E-state index in [2.05, 4.69) is 23.8 Å². The van der Waals surface area contributed by atoms with Crippen LogP contribution in [0, 0.1) is 12.8 Å². The topological polar surface area (TPSA) is 69.3 Å². The van der Waals surface area contributed by atoms with Crippen molar-refractivity contribution in [2.45, 2.75) is 33.6 Å². The molecule has 25 heavy (non-hydrogen) atoms. The number of nitrogens with zero attached hydrogens (tertiary/aromatic N) is 3. The van der Waals surface area contributed by atoms with Crippen LogP contribution >= 0.6 is 0 Å². The standard InChI is InChI=1S/C19H26N4O2/c1-13(2)11-18(24)22-7-4-8-23(10-9-22)19(25)15-5-6-16-17(12-15)21-14(3)20-16/h5-6,12-13H,4,7-11H2,1-3H3,(H,20,21). The maximum atomic E-state index is 12.8. The molecular formula is C19H26N4O2. The highest BCUT2D eigenvalue weighted by molar-refractivity contribution is 5.97. The second kappa shape index (κ2) is 7.25. The van der Waals surface area contributed by atoms with Gasteiger partial charge in [-0.2, -0.15) is 0 Å². The van der Waals surface area contributed by atoms with Gasteiger partial charge < -0.3 is 14.8 Å². The number of rotatable bonds is 3. The highest BCUT2D eigenvalue weighted by Gasteiger charge is 2.23. The van der Waals surface area contributed by atoms with E-state index >= 15 is 0 Å². The minimum absolute atomic E-state index is 0.0207. The number of fused-ring (bicyclic) bond motifs is 1. The molecule has 1 saturated heterocycles. The van der Waals surface area contributed by atoms with Gasteiger partial charge in [-0.25, -0.2) is 4.98 Å². The van der Waals surface area contributed by atoms with Crippen molar-refractivity contribution < 1.29 is 9.59 Å². The summed E-state index contributed by atoms with van der Waals surface area (Å²) < 4.78 is 0. The maximum absolute atomic E-state index is 12.8. The third-order valence-corrected chi connectivity index (χ3v) is 4.57. The predicted octanol–water partition coefficient (Wildman–Crippen LogP) is 2.59. The molecule has 1 aliphatic rings. The molecule has 1 aromatic heterocycles. The van der Waals surface area contributed by atoms with Crippen LogP contribution in [0.4, 0.5) is 0 Å². The summed E-state index contributed by atoms with van der Waals surface area (Å²) in [6, 6.07) is 5.57. The van der Waals surface area contributed by atoms with Gasteiger partial charge in [-0.3, -0.25) is 9.59 Å². The van der Waals surface area contributed by atoms with Gasteiger partial charge in [-0.05, 0) is 37.5 Å². The largest absolute Gasteiger partial charge is 0.342 e. The smallest absolute Gasteiger partial charge is 0.253 e. The molecular weight excluding hydrogens is 316 g/mol. The van der Waals surface area contributed by atoms with Crippen LogP contribution in [-0.4, -0.2) is 57.8 Å². The SMILES string of the molecule is Cc1nc2ccc(C(=O)N3CCCN(C(=O)CC(C)C)CC3)cc2[nH]1. The molecule has 1 aliphatic heterocycles. The van der Waals surface area contributed by atoms with Gasteiger partial charge in [0.05, 0.1) is 11.0 Å². The van der Waals surface area contributed by atoms with Crippen LogP contribution in [-0.2, 0) is 4.79 Å². The van der Waals surface area contributed by atoms with Crippen molar-refractivity contribution in [1.82, 2.24) is 19.8 Å². The van der Waals surface area contributed by atoms with Crippen molar-refractivity contribution in [3.05, 3.63) is 29.6 Å². The highest BCUT2D eigenvalue weighted by atomic mass is 16.2. The van der Waals surface area contributed by atoms with Crippen molar-refractivity contribution in [2.24, 2.45) is 5.92 Å². The zero-order chi connectivity index (χ0) is 18.0. The van der Waals surface area contributed by atoms with E-state index < -0.39 is 0 Å². The summed E-state index contributed by atoms with van der Waals surface area (Å²) in [6.07, 6.45) is 1.39. The van der Waals surface area contributed by atoms with E-state index in [9.17, 15) is 9.59 Å². The molecule has 0 bridgehead atoms. The van der Waals surface area contributed by atoms with Crippen molar-refractivity contribution >= 4 is 22.8 Å². The molecule has 6 heteroatoms. The van der Waals surface area contributed by atoms with E-state index in [4.69, 9.17) is 0 Å². The van der Waals surface area contributed by atoms with Crippen molar-refractivity contribution in [3.8, 4) is 0 Å². The van der Waals surface area contributed by atoms with Crippen LogP contribution in [0.3, 0.4) is 0 Å². The van der Waals surface area contributed by atoms with Gasteiger partial charge >= 0.3 is 0 Å².